The third-order valence-corrected chi connectivity index (χ3v) is 1.35. The van der Waals surface area contributed by atoms with Crippen LogP contribution < -0.4 is 0 Å². The van der Waals surface area contributed by atoms with Crippen LogP contribution in [0.2, 0.25) is 0 Å². The van der Waals surface area contributed by atoms with Gasteiger partial charge in [-0.05, 0) is 0 Å². The average Bonchev–Trinajstić information content (AvgIpc) is 1.62. The van der Waals surface area contributed by atoms with Gasteiger partial charge in [-0.2, -0.15) is 13.2 Å². The first kappa shape index (κ1) is 7.46. The van der Waals surface area contributed by atoms with Crippen LogP contribution in [-0.2, 0) is 4.79 Å². The first-order valence-electron chi connectivity index (χ1n) is 1.77. The molecule has 0 N–H and O–H groups in total. The van der Waals surface area contributed by atoms with E-state index in [1.807, 2.05) is 0 Å². The van der Waals surface area contributed by atoms with Crippen LogP contribution in [0.3, 0.4) is 0 Å². The Bertz CT molecular complexity index is 132. The largest absolute Gasteiger partial charge is 0.418 e. The lowest BCUT2D eigenvalue weighted by atomic mass is 10.6. The summed E-state index contributed by atoms with van der Waals surface area (Å²) in [4.78, 5) is 9.30. The molecule has 0 amide bonds. The highest BCUT2D eigenvalue weighted by Gasteiger charge is 2.30. The van der Waals surface area contributed by atoms with Gasteiger partial charge in [0.15, 0.2) is 0 Å². The second-order valence-corrected chi connectivity index (χ2v) is 2.22. The molecule has 0 atom stereocenters. The van der Waals surface area contributed by atoms with Crippen molar-refractivity contribution in [1.29, 1.82) is 0 Å². The van der Waals surface area contributed by atoms with Crippen molar-refractivity contribution in [3.63, 3.8) is 0 Å². The van der Waals surface area contributed by atoms with Crippen molar-refractivity contribution in [1.82, 2.24) is 0 Å². The molecule has 0 saturated heterocycles. The summed E-state index contributed by atoms with van der Waals surface area (Å²) in [6, 6.07) is 0. The van der Waals surface area contributed by atoms with Gasteiger partial charge in [-0.15, -0.1) is 0 Å². The SMILES string of the molecule is O=C=C([SiH3])C(F)(F)F. The summed E-state index contributed by atoms with van der Waals surface area (Å²) in [5.74, 6) is 0.808. The monoisotopic (exact) mass is 140 g/mol. The van der Waals surface area contributed by atoms with E-state index in [-0.39, 0.29) is 10.2 Å². The first-order chi connectivity index (χ1) is 3.48. The molecule has 1 nitrogen and oxygen atoms in total. The lowest BCUT2D eigenvalue weighted by Gasteiger charge is -1.99. The fourth-order valence-electron chi connectivity index (χ4n) is 0.0579. The summed E-state index contributed by atoms with van der Waals surface area (Å²) >= 11 is 0. The van der Waals surface area contributed by atoms with Crippen molar-refractivity contribution >= 4 is 16.2 Å². The Balaban J connectivity index is 4.26. The van der Waals surface area contributed by atoms with Gasteiger partial charge in [-0.25, -0.2) is 4.79 Å². The smallest absolute Gasteiger partial charge is 0.234 e. The Hall–Kier alpha value is -0.543. The zero-order valence-corrected chi connectivity index (χ0v) is 6.04. The first-order valence-corrected chi connectivity index (χ1v) is 2.77. The number of alkyl halides is 3. The van der Waals surface area contributed by atoms with Crippen molar-refractivity contribution in [2.75, 3.05) is 0 Å². The van der Waals surface area contributed by atoms with E-state index in [1.54, 1.807) is 0 Å². The van der Waals surface area contributed by atoms with Gasteiger partial charge in [0.2, 0.25) is 0 Å². The highest BCUT2D eigenvalue weighted by atomic mass is 28.1. The van der Waals surface area contributed by atoms with Crippen molar-refractivity contribution in [3.8, 4) is 0 Å². The average molecular weight is 140 g/mol. The molecule has 0 spiro atoms. The molecule has 0 rings (SSSR count). The number of hydrogen-bond acceptors (Lipinski definition) is 1. The molecule has 0 aliphatic heterocycles. The molecule has 0 aromatic heterocycles. The molecule has 0 aliphatic carbocycles. The van der Waals surface area contributed by atoms with Crippen LogP contribution in [0.15, 0.2) is 5.20 Å². The third-order valence-electron chi connectivity index (χ3n) is 0.578. The van der Waals surface area contributed by atoms with E-state index in [0.717, 1.165) is 5.94 Å². The Morgan fingerprint density at radius 2 is 1.88 bits per heavy atom. The van der Waals surface area contributed by atoms with Crippen LogP contribution in [-0.4, -0.2) is 22.4 Å². The maximum Gasteiger partial charge on any atom is 0.418 e. The van der Waals surface area contributed by atoms with Crippen LogP contribution in [0.1, 0.15) is 0 Å². The minimum Gasteiger partial charge on any atom is -0.234 e. The summed E-state index contributed by atoms with van der Waals surface area (Å²) in [6.07, 6.45) is -4.44. The molecular weight excluding hydrogens is 137 g/mol. The number of hydrogen-bond donors (Lipinski definition) is 0. The maximum atomic E-state index is 11.2. The fraction of sp³-hybridized carbons (Fsp3) is 0.333. The normalized spacial score (nSPS) is 10.9. The molecule has 0 heterocycles. The zero-order chi connectivity index (χ0) is 6.78. The second kappa shape index (κ2) is 2.15. The summed E-state index contributed by atoms with van der Waals surface area (Å²) in [6.45, 7) is 0. The predicted octanol–water partition coefficient (Wildman–Crippen LogP) is -0.370. The lowest BCUT2D eigenvalue weighted by molar-refractivity contribution is -0.0834. The van der Waals surface area contributed by atoms with Crippen molar-refractivity contribution in [2.45, 2.75) is 6.18 Å². The standard InChI is InChI=1S/C3H3F3OSi/c4-3(5,6)2(8)1-7/h8H3. The van der Waals surface area contributed by atoms with Crippen LogP contribution in [0, 0.1) is 0 Å². The van der Waals surface area contributed by atoms with Crippen LogP contribution in [0.4, 0.5) is 13.2 Å². The molecule has 0 radical (unpaired) electrons. The van der Waals surface area contributed by atoms with Crippen molar-refractivity contribution in [3.05, 3.63) is 5.20 Å². The van der Waals surface area contributed by atoms with Gasteiger partial charge in [0.1, 0.15) is 5.94 Å². The van der Waals surface area contributed by atoms with Gasteiger partial charge < -0.3 is 0 Å². The Morgan fingerprint density at radius 1 is 1.50 bits per heavy atom. The van der Waals surface area contributed by atoms with Gasteiger partial charge in [0, 0.05) is 0 Å². The summed E-state index contributed by atoms with van der Waals surface area (Å²) in [7, 11) is -0.283. The number of rotatable bonds is 0. The Morgan fingerprint density at radius 3 is 1.88 bits per heavy atom. The third kappa shape index (κ3) is 1.95. The van der Waals surface area contributed by atoms with Gasteiger partial charge in [0.05, 0.1) is 15.4 Å². The lowest BCUT2D eigenvalue weighted by Crippen LogP contribution is -2.11. The number of allylic oxidation sites excluding steroid dienone is 1. The van der Waals surface area contributed by atoms with Crippen molar-refractivity contribution < 1.29 is 18.0 Å². The van der Waals surface area contributed by atoms with Gasteiger partial charge >= 0.3 is 6.18 Å². The molecule has 0 aromatic carbocycles. The molecule has 5 heteroatoms. The quantitative estimate of drug-likeness (QED) is 0.331. The van der Waals surface area contributed by atoms with E-state index in [2.05, 4.69) is 0 Å². The fourth-order valence-corrected chi connectivity index (χ4v) is 0.0579. The van der Waals surface area contributed by atoms with Crippen LogP contribution in [0.25, 0.3) is 0 Å². The molecule has 0 fully saturated rings. The molecule has 0 aromatic rings. The minimum atomic E-state index is -4.44. The highest BCUT2D eigenvalue weighted by molar-refractivity contribution is 6.26. The summed E-state index contributed by atoms with van der Waals surface area (Å²) in [5.41, 5.74) is 0. The zero-order valence-electron chi connectivity index (χ0n) is 4.04. The van der Waals surface area contributed by atoms with E-state index in [9.17, 15) is 18.0 Å². The number of carbonyl (C=O) groups excluding carboxylic acids is 1. The Kier molecular flexibility index (Phi) is 2.00. The van der Waals surface area contributed by atoms with E-state index in [4.69, 9.17) is 0 Å². The van der Waals surface area contributed by atoms with Gasteiger partial charge in [-0.1, -0.05) is 0 Å². The maximum absolute atomic E-state index is 11.2. The molecule has 0 aliphatic rings. The summed E-state index contributed by atoms with van der Waals surface area (Å²) in [5, 5.41) is -1.09. The van der Waals surface area contributed by atoms with Gasteiger partial charge in [-0.3, -0.25) is 0 Å². The molecule has 0 unspecified atom stereocenters. The molecule has 8 heavy (non-hydrogen) atoms. The van der Waals surface area contributed by atoms with Crippen molar-refractivity contribution in [2.24, 2.45) is 0 Å². The van der Waals surface area contributed by atoms with E-state index < -0.39 is 11.4 Å². The summed E-state index contributed by atoms with van der Waals surface area (Å²) < 4.78 is 33.6. The molecule has 0 saturated carbocycles. The molecule has 46 valence electrons. The second-order valence-electron chi connectivity index (χ2n) is 1.22. The highest BCUT2D eigenvalue weighted by Crippen LogP contribution is 2.19. The van der Waals surface area contributed by atoms with E-state index in [0.29, 0.717) is 0 Å². The Labute approximate surface area is 46.6 Å². The molecule has 0 bridgehead atoms. The molecular formula is C3H3F3OSi. The van der Waals surface area contributed by atoms with E-state index in [1.165, 1.54) is 0 Å². The van der Waals surface area contributed by atoms with Crippen LogP contribution >= 0.6 is 0 Å². The minimum absolute atomic E-state index is 0.283. The number of halogens is 3. The topological polar surface area (TPSA) is 17.1 Å². The van der Waals surface area contributed by atoms with Crippen LogP contribution in [0.5, 0.6) is 0 Å². The van der Waals surface area contributed by atoms with Gasteiger partial charge in [0.25, 0.3) is 0 Å². The van der Waals surface area contributed by atoms with E-state index >= 15 is 0 Å². The predicted molar refractivity (Wildman–Crippen MR) is 25.2 cm³/mol.